The molecule has 5 nitrogen and oxygen atoms in total. The third-order valence-electron chi connectivity index (χ3n) is 3.86. The van der Waals surface area contributed by atoms with Gasteiger partial charge in [0.15, 0.2) is 0 Å². The van der Waals surface area contributed by atoms with E-state index in [0.717, 1.165) is 38.3 Å². The minimum absolute atomic E-state index is 0.717. The molecular weight excluding hydrogens is 274 g/mol. The summed E-state index contributed by atoms with van der Waals surface area (Å²) in [5, 5.41) is 6.68. The molecule has 2 N–H and O–H groups in total. The van der Waals surface area contributed by atoms with Crippen molar-refractivity contribution < 1.29 is 0 Å². The fourth-order valence-corrected chi connectivity index (χ4v) is 2.62. The summed E-state index contributed by atoms with van der Waals surface area (Å²) < 4.78 is 0. The van der Waals surface area contributed by atoms with E-state index in [4.69, 9.17) is 0 Å². The highest BCUT2D eigenvalue weighted by molar-refractivity contribution is 5.39. The standard InChI is InChI=1S/C17H29N5/c1-22(2)14-6-11-18-16-10-13-20-17(21-16)19-12-9-15-7-4-3-5-8-15/h7,10,13H,3-6,8-9,11-12,14H2,1-2H3,(H2,18,19,20,21). The Labute approximate surface area is 134 Å². The highest BCUT2D eigenvalue weighted by atomic mass is 15.1. The van der Waals surface area contributed by atoms with Gasteiger partial charge in [0.05, 0.1) is 0 Å². The molecule has 122 valence electrons. The lowest BCUT2D eigenvalue weighted by Crippen LogP contribution is -2.17. The van der Waals surface area contributed by atoms with Crippen LogP contribution in [0.2, 0.25) is 0 Å². The third kappa shape index (κ3) is 6.43. The molecule has 1 aromatic heterocycles. The van der Waals surface area contributed by atoms with Gasteiger partial charge in [0, 0.05) is 19.3 Å². The highest BCUT2D eigenvalue weighted by Crippen LogP contribution is 2.19. The van der Waals surface area contributed by atoms with Gasteiger partial charge in [0.25, 0.3) is 0 Å². The molecule has 0 spiro atoms. The molecule has 22 heavy (non-hydrogen) atoms. The lowest BCUT2D eigenvalue weighted by Gasteiger charge is -2.13. The summed E-state index contributed by atoms with van der Waals surface area (Å²) >= 11 is 0. The van der Waals surface area contributed by atoms with Crippen LogP contribution >= 0.6 is 0 Å². The average Bonchev–Trinajstić information content (AvgIpc) is 2.53. The second-order valence-electron chi connectivity index (χ2n) is 6.13. The van der Waals surface area contributed by atoms with E-state index in [-0.39, 0.29) is 0 Å². The first-order chi connectivity index (χ1) is 10.7. The number of nitrogens with one attached hydrogen (secondary N) is 2. The maximum atomic E-state index is 4.51. The monoisotopic (exact) mass is 303 g/mol. The van der Waals surface area contributed by atoms with Crippen LogP contribution in [0.25, 0.3) is 0 Å². The fraction of sp³-hybridized carbons (Fsp3) is 0.647. The molecule has 0 unspecified atom stereocenters. The largest absolute Gasteiger partial charge is 0.370 e. The Kier molecular flexibility index (Phi) is 7.16. The van der Waals surface area contributed by atoms with Crippen molar-refractivity contribution in [3.8, 4) is 0 Å². The quantitative estimate of drug-likeness (QED) is 0.542. The molecule has 0 saturated heterocycles. The summed E-state index contributed by atoms with van der Waals surface area (Å²) in [6.07, 6.45) is 11.6. The van der Waals surface area contributed by atoms with Crippen LogP contribution in [0.1, 0.15) is 38.5 Å². The third-order valence-corrected chi connectivity index (χ3v) is 3.86. The predicted octanol–water partition coefficient (Wildman–Crippen LogP) is 3.14. The van der Waals surface area contributed by atoms with Crippen molar-refractivity contribution in [3.05, 3.63) is 23.9 Å². The lowest BCUT2D eigenvalue weighted by molar-refractivity contribution is 0.405. The maximum Gasteiger partial charge on any atom is 0.224 e. The van der Waals surface area contributed by atoms with E-state index in [1.54, 1.807) is 5.57 Å². The van der Waals surface area contributed by atoms with Gasteiger partial charge in [-0.05, 0) is 65.2 Å². The summed E-state index contributed by atoms with van der Waals surface area (Å²) in [6, 6.07) is 1.92. The van der Waals surface area contributed by atoms with Crippen LogP contribution in [0.4, 0.5) is 11.8 Å². The molecule has 1 aliphatic carbocycles. The van der Waals surface area contributed by atoms with Gasteiger partial charge in [-0.2, -0.15) is 4.98 Å². The van der Waals surface area contributed by atoms with E-state index < -0.39 is 0 Å². The maximum absolute atomic E-state index is 4.51. The molecule has 0 fully saturated rings. The molecule has 0 radical (unpaired) electrons. The van der Waals surface area contributed by atoms with Gasteiger partial charge in [-0.1, -0.05) is 11.6 Å². The Hall–Kier alpha value is -1.62. The van der Waals surface area contributed by atoms with E-state index >= 15 is 0 Å². The number of allylic oxidation sites excluding steroid dienone is 1. The van der Waals surface area contributed by atoms with Gasteiger partial charge in [-0.15, -0.1) is 0 Å². The first-order valence-electron chi connectivity index (χ1n) is 8.37. The van der Waals surface area contributed by atoms with Crippen molar-refractivity contribution >= 4 is 11.8 Å². The predicted molar refractivity (Wildman–Crippen MR) is 93.4 cm³/mol. The summed E-state index contributed by atoms with van der Waals surface area (Å²) in [5.41, 5.74) is 1.58. The zero-order valence-electron chi connectivity index (χ0n) is 13.9. The average molecular weight is 303 g/mol. The van der Waals surface area contributed by atoms with Gasteiger partial charge >= 0.3 is 0 Å². The number of hydrogen-bond acceptors (Lipinski definition) is 5. The van der Waals surface area contributed by atoms with Crippen molar-refractivity contribution in [1.29, 1.82) is 0 Å². The van der Waals surface area contributed by atoms with Crippen LogP contribution in [0.15, 0.2) is 23.9 Å². The molecule has 0 saturated carbocycles. The molecule has 0 atom stereocenters. The van der Waals surface area contributed by atoms with Crippen molar-refractivity contribution in [2.24, 2.45) is 0 Å². The van der Waals surface area contributed by atoms with Crippen LogP contribution in [-0.2, 0) is 0 Å². The van der Waals surface area contributed by atoms with Gasteiger partial charge in [0.2, 0.25) is 5.95 Å². The van der Waals surface area contributed by atoms with Crippen LogP contribution < -0.4 is 10.6 Å². The molecule has 2 rings (SSSR count). The Bertz CT molecular complexity index is 470. The Morgan fingerprint density at radius 3 is 2.86 bits per heavy atom. The summed E-state index contributed by atoms with van der Waals surface area (Å²) in [4.78, 5) is 11.0. The van der Waals surface area contributed by atoms with E-state index in [1.807, 2.05) is 12.3 Å². The Balaban J connectivity index is 1.70. The molecule has 0 aromatic carbocycles. The molecule has 1 aliphatic rings. The molecule has 0 amide bonds. The highest BCUT2D eigenvalue weighted by Gasteiger charge is 2.04. The first-order valence-corrected chi connectivity index (χ1v) is 8.37. The normalized spacial score (nSPS) is 14.8. The van der Waals surface area contributed by atoms with Crippen LogP contribution in [-0.4, -0.2) is 48.6 Å². The number of anilines is 2. The van der Waals surface area contributed by atoms with Crippen molar-refractivity contribution in [3.63, 3.8) is 0 Å². The van der Waals surface area contributed by atoms with Gasteiger partial charge in [-0.3, -0.25) is 0 Å². The van der Waals surface area contributed by atoms with Gasteiger partial charge < -0.3 is 15.5 Å². The number of aromatic nitrogens is 2. The number of nitrogens with zero attached hydrogens (tertiary/aromatic N) is 3. The smallest absolute Gasteiger partial charge is 0.224 e. The summed E-state index contributed by atoms with van der Waals surface area (Å²) in [5.74, 6) is 1.61. The van der Waals surface area contributed by atoms with E-state index in [1.165, 1.54) is 25.7 Å². The van der Waals surface area contributed by atoms with Crippen molar-refractivity contribution in [1.82, 2.24) is 14.9 Å². The second kappa shape index (κ2) is 9.41. The van der Waals surface area contributed by atoms with Gasteiger partial charge in [-0.25, -0.2) is 4.98 Å². The van der Waals surface area contributed by atoms with E-state index in [0.29, 0.717) is 5.95 Å². The minimum atomic E-state index is 0.717. The zero-order chi connectivity index (χ0) is 15.6. The molecule has 0 bridgehead atoms. The van der Waals surface area contributed by atoms with Gasteiger partial charge in [0.1, 0.15) is 5.82 Å². The molecule has 1 aromatic rings. The van der Waals surface area contributed by atoms with Crippen LogP contribution in [0.5, 0.6) is 0 Å². The summed E-state index contributed by atoms with van der Waals surface area (Å²) in [6.45, 7) is 2.93. The fourth-order valence-electron chi connectivity index (χ4n) is 2.62. The molecule has 5 heteroatoms. The zero-order valence-corrected chi connectivity index (χ0v) is 13.9. The molecule has 0 aliphatic heterocycles. The van der Waals surface area contributed by atoms with E-state index in [9.17, 15) is 0 Å². The van der Waals surface area contributed by atoms with Crippen molar-refractivity contribution in [2.45, 2.75) is 38.5 Å². The Morgan fingerprint density at radius 1 is 1.18 bits per heavy atom. The lowest BCUT2D eigenvalue weighted by atomic mass is 9.97. The number of rotatable bonds is 9. The van der Waals surface area contributed by atoms with Crippen LogP contribution in [0.3, 0.4) is 0 Å². The van der Waals surface area contributed by atoms with E-state index in [2.05, 4.69) is 45.7 Å². The molecular formula is C17H29N5. The first kappa shape index (κ1) is 16.7. The Morgan fingerprint density at radius 2 is 2.09 bits per heavy atom. The topological polar surface area (TPSA) is 53.1 Å². The van der Waals surface area contributed by atoms with Crippen LogP contribution in [0, 0.1) is 0 Å². The van der Waals surface area contributed by atoms with Crippen molar-refractivity contribution in [2.75, 3.05) is 44.4 Å². The summed E-state index contributed by atoms with van der Waals surface area (Å²) in [7, 11) is 4.18. The number of hydrogen-bond donors (Lipinski definition) is 2. The second-order valence-corrected chi connectivity index (χ2v) is 6.13. The molecule has 1 heterocycles. The minimum Gasteiger partial charge on any atom is -0.370 e. The SMILES string of the molecule is CN(C)CCCNc1ccnc(NCCC2=CCCCC2)n1.